The minimum Gasteiger partial charge on any atom is -0.403 e. The van der Waals surface area contributed by atoms with E-state index in [-0.39, 0.29) is 17.9 Å². The third-order valence-corrected chi connectivity index (χ3v) is 6.65. The summed E-state index contributed by atoms with van der Waals surface area (Å²) in [5.74, 6) is -2.85. The average Bonchev–Trinajstić information content (AvgIpc) is 2.98. The van der Waals surface area contributed by atoms with Crippen molar-refractivity contribution in [2.24, 2.45) is 0 Å². The summed E-state index contributed by atoms with van der Waals surface area (Å²) in [5.41, 5.74) is 0.0115. The number of ether oxygens (including phenoxy) is 1. The van der Waals surface area contributed by atoms with E-state index < -0.39 is 56.6 Å². The van der Waals surface area contributed by atoms with Crippen molar-refractivity contribution in [1.29, 1.82) is 0 Å². The van der Waals surface area contributed by atoms with E-state index in [1.807, 2.05) is 11.9 Å². The van der Waals surface area contributed by atoms with Crippen molar-refractivity contribution in [2.75, 3.05) is 6.61 Å². The third kappa shape index (κ3) is 4.28. The molecule has 1 fully saturated rings. The number of benzene rings is 1. The van der Waals surface area contributed by atoms with Crippen LogP contribution in [0.25, 0.3) is 0 Å². The first-order chi connectivity index (χ1) is 15.5. The van der Waals surface area contributed by atoms with Crippen molar-refractivity contribution < 1.29 is 42.6 Å². The number of hydrogen-bond donors (Lipinski definition) is 4. The number of nitrogens with zero attached hydrogens (tertiary/aromatic N) is 1. The highest BCUT2D eigenvalue weighted by atomic mass is 31.2. The lowest BCUT2D eigenvalue weighted by molar-refractivity contribution is -0.205. The Labute approximate surface area is 185 Å². The van der Waals surface area contributed by atoms with Gasteiger partial charge in [0.1, 0.15) is 24.6 Å². The molecule has 1 aromatic heterocycles. The number of aryl methyl sites for hydroxylation is 2. The number of phosphoric acid groups is 1. The maximum absolute atomic E-state index is 15.4. The van der Waals surface area contributed by atoms with Crippen LogP contribution >= 0.6 is 7.82 Å². The number of aliphatic hydroxyl groups is 3. The molecule has 2 aliphatic heterocycles. The fourth-order valence-electron chi connectivity index (χ4n) is 3.72. The van der Waals surface area contributed by atoms with Gasteiger partial charge in [-0.15, -0.1) is 0 Å². The molecule has 0 amide bonds. The van der Waals surface area contributed by atoms with Crippen molar-refractivity contribution in [3.05, 3.63) is 61.4 Å². The number of phosphoric ester groups is 1. The Bertz CT molecular complexity index is 1250. The summed E-state index contributed by atoms with van der Waals surface area (Å²) in [6.45, 7) is 1.54. The highest BCUT2D eigenvalue weighted by Crippen LogP contribution is 2.56. The maximum Gasteiger partial charge on any atom is 0.530 e. The van der Waals surface area contributed by atoms with E-state index >= 15 is 4.39 Å². The lowest BCUT2D eigenvalue weighted by Crippen LogP contribution is -2.43. The van der Waals surface area contributed by atoms with Gasteiger partial charge in [0.05, 0.1) is 18.8 Å². The largest absolute Gasteiger partial charge is 0.530 e. The Kier molecular flexibility index (Phi) is 6.08. The highest BCUT2D eigenvalue weighted by Gasteiger charge is 2.57. The number of aromatic nitrogens is 2. The van der Waals surface area contributed by atoms with Crippen LogP contribution in [0.3, 0.4) is 0 Å². The zero-order valence-corrected chi connectivity index (χ0v) is 18.5. The second-order valence-corrected chi connectivity index (χ2v) is 9.46. The van der Waals surface area contributed by atoms with E-state index in [2.05, 4.69) is 0 Å². The number of alkyl halides is 1. The molecule has 4 N–H and O–H groups in total. The maximum atomic E-state index is 15.4. The molecule has 1 unspecified atom stereocenters. The molecule has 2 aliphatic rings. The number of halogens is 1. The minimum atomic E-state index is -4.31. The molecule has 14 heteroatoms. The lowest BCUT2D eigenvalue weighted by Gasteiger charge is -2.29. The van der Waals surface area contributed by atoms with Crippen molar-refractivity contribution in [3.8, 4) is 5.75 Å². The van der Waals surface area contributed by atoms with Crippen LogP contribution in [0.5, 0.6) is 5.75 Å². The Hall–Kier alpha value is -2.38. The van der Waals surface area contributed by atoms with Gasteiger partial charge in [-0.1, -0.05) is 17.7 Å². The number of aromatic amines is 1. The van der Waals surface area contributed by atoms with Gasteiger partial charge in [-0.2, -0.15) is 0 Å². The van der Waals surface area contributed by atoms with Crippen LogP contribution in [0, 0.1) is 13.8 Å². The van der Waals surface area contributed by atoms with E-state index in [1.165, 1.54) is 0 Å². The molecule has 12 nitrogen and oxygen atoms in total. The number of fused-ring (bicyclic) bond motifs is 1. The van der Waals surface area contributed by atoms with Crippen LogP contribution < -0.4 is 15.8 Å². The highest BCUT2D eigenvalue weighted by molar-refractivity contribution is 7.49. The molecule has 1 saturated heterocycles. The molecule has 1 aromatic carbocycles. The third-order valence-electron chi connectivity index (χ3n) is 5.36. The zero-order chi connectivity index (χ0) is 24.1. The van der Waals surface area contributed by atoms with Gasteiger partial charge >= 0.3 is 13.5 Å². The van der Waals surface area contributed by atoms with Gasteiger partial charge in [-0.25, -0.2) is 13.8 Å². The molecule has 5 atom stereocenters. The Balaban J connectivity index is 1.54. The normalized spacial score (nSPS) is 31.3. The molecule has 4 rings (SSSR count). The summed E-state index contributed by atoms with van der Waals surface area (Å²) in [7, 11) is -4.31. The number of hydrogen-bond acceptors (Lipinski definition) is 10. The first-order valence-corrected chi connectivity index (χ1v) is 11.3. The van der Waals surface area contributed by atoms with Gasteiger partial charge in [0.2, 0.25) is 0 Å². The van der Waals surface area contributed by atoms with Gasteiger partial charge in [-0.05, 0) is 19.4 Å². The van der Waals surface area contributed by atoms with Gasteiger partial charge < -0.3 is 24.6 Å². The number of aliphatic hydroxyl groups excluding tert-OH is 3. The summed E-state index contributed by atoms with van der Waals surface area (Å²) in [6, 6.07) is 3.56. The van der Waals surface area contributed by atoms with Crippen LogP contribution in [0.4, 0.5) is 4.39 Å². The minimum absolute atomic E-state index is 0.125. The van der Waals surface area contributed by atoms with E-state index in [4.69, 9.17) is 18.3 Å². The number of H-pyrrole nitrogens is 1. The Morgan fingerprint density at radius 2 is 2.06 bits per heavy atom. The molecule has 3 heterocycles. The molecule has 33 heavy (non-hydrogen) atoms. The van der Waals surface area contributed by atoms with Crippen molar-refractivity contribution in [2.45, 2.75) is 51.4 Å². The van der Waals surface area contributed by atoms with E-state index in [1.54, 1.807) is 19.1 Å². The molecular weight excluding hydrogens is 466 g/mol. The SMILES string of the molecule is Cc1cc(C)c2c(c1)COP(=O)(OC[C@@]1(F)O[C@@H](n3cc(CO)c(=O)[nH]c3=O)[C@H](O)[C@@H]1O)O2. The average molecular weight is 488 g/mol. The monoisotopic (exact) mass is 488 g/mol. The van der Waals surface area contributed by atoms with Crippen molar-refractivity contribution in [3.63, 3.8) is 0 Å². The molecule has 2 aromatic rings. The molecule has 0 aliphatic carbocycles. The summed E-state index contributed by atoms with van der Waals surface area (Å²) in [6.07, 6.45) is -5.13. The van der Waals surface area contributed by atoms with Crippen molar-refractivity contribution >= 4 is 7.82 Å². The second kappa shape index (κ2) is 8.44. The van der Waals surface area contributed by atoms with Gasteiger partial charge in [-0.3, -0.25) is 23.4 Å². The van der Waals surface area contributed by atoms with Gasteiger partial charge in [0, 0.05) is 11.8 Å². The fraction of sp³-hybridized carbons (Fsp3) is 0.474. The Morgan fingerprint density at radius 1 is 1.33 bits per heavy atom. The molecule has 180 valence electrons. The predicted molar refractivity (Wildman–Crippen MR) is 108 cm³/mol. The summed E-state index contributed by atoms with van der Waals surface area (Å²) in [5, 5.41) is 29.7. The topological polar surface area (TPSA) is 170 Å². The lowest BCUT2D eigenvalue weighted by atomic mass is 10.1. The van der Waals surface area contributed by atoms with E-state index in [0.717, 1.165) is 11.8 Å². The van der Waals surface area contributed by atoms with Crippen LogP contribution in [-0.2, 0) is 31.6 Å². The molecule has 0 bridgehead atoms. The smallest absolute Gasteiger partial charge is 0.403 e. The molecule has 0 saturated carbocycles. The van der Waals surface area contributed by atoms with E-state index in [0.29, 0.717) is 15.7 Å². The molecule has 0 spiro atoms. The van der Waals surface area contributed by atoms with Crippen LogP contribution in [-0.4, -0.2) is 49.5 Å². The molecule has 0 radical (unpaired) electrons. The summed E-state index contributed by atoms with van der Waals surface area (Å²) >= 11 is 0. The Morgan fingerprint density at radius 3 is 2.76 bits per heavy atom. The zero-order valence-electron chi connectivity index (χ0n) is 17.6. The second-order valence-electron chi connectivity index (χ2n) is 7.86. The standard InChI is InChI=1S/C19H22FN2O10P/c1-9-3-10(2)14-11(4-9)7-29-33(28,32-14)30-8-19(20)15(25)13(24)17(31-19)22-5-12(6-23)16(26)21-18(22)27/h3-5,13,15,17,23-25H,6-8H2,1-2H3,(H,21,26,27)/t13-,15+,17-,19-,33?/m1/s1. The quantitative estimate of drug-likeness (QED) is 0.429. The fourth-order valence-corrected chi connectivity index (χ4v) is 5.01. The summed E-state index contributed by atoms with van der Waals surface area (Å²) < 4.78 is 49.6. The van der Waals surface area contributed by atoms with Crippen LogP contribution in [0.2, 0.25) is 0 Å². The van der Waals surface area contributed by atoms with E-state index in [9.17, 15) is 29.5 Å². The van der Waals surface area contributed by atoms with Crippen molar-refractivity contribution in [1.82, 2.24) is 9.55 Å². The number of rotatable bonds is 5. The molecular formula is C19H22FN2O10P. The van der Waals surface area contributed by atoms with Gasteiger partial charge in [0.25, 0.3) is 11.4 Å². The number of nitrogens with one attached hydrogen (secondary N) is 1. The van der Waals surface area contributed by atoms with Gasteiger partial charge in [0.15, 0.2) is 6.23 Å². The summed E-state index contributed by atoms with van der Waals surface area (Å²) in [4.78, 5) is 25.6. The first kappa shape index (κ1) is 23.8. The first-order valence-electron chi connectivity index (χ1n) is 9.83. The van der Waals surface area contributed by atoms with Crippen LogP contribution in [0.15, 0.2) is 27.9 Å². The predicted octanol–water partition coefficient (Wildman–Crippen LogP) is 0.296. The van der Waals surface area contributed by atoms with Crippen LogP contribution in [0.1, 0.15) is 28.5 Å².